The molecule has 1 rings (SSSR count). The minimum Gasteiger partial charge on any atom is -0.480 e. The standard InChI is InChI=1S/C12H17N3O3/c1-3-15(8-11(16)17)12(18)14-9(2)10-6-4-5-7-13-10/h4-7,9H,3,8H2,1-2H3,(H,14,18)(H,16,17). The second-order valence-electron chi connectivity index (χ2n) is 3.83. The average Bonchev–Trinajstić information content (AvgIpc) is 2.36. The van der Waals surface area contributed by atoms with Crippen LogP contribution in [0, 0.1) is 0 Å². The molecular weight excluding hydrogens is 234 g/mol. The summed E-state index contributed by atoms with van der Waals surface area (Å²) in [7, 11) is 0. The lowest BCUT2D eigenvalue weighted by Gasteiger charge is -2.22. The molecule has 0 bridgehead atoms. The van der Waals surface area contributed by atoms with Gasteiger partial charge in [0.2, 0.25) is 0 Å². The molecule has 0 aliphatic rings. The van der Waals surface area contributed by atoms with Gasteiger partial charge in [-0.15, -0.1) is 0 Å². The molecule has 1 aromatic heterocycles. The van der Waals surface area contributed by atoms with Crippen LogP contribution in [-0.4, -0.2) is 40.1 Å². The molecule has 6 nitrogen and oxygen atoms in total. The normalized spacial score (nSPS) is 11.7. The van der Waals surface area contributed by atoms with Crippen LogP contribution >= 0.6 is 0 Å². The summed E-state index contributed by atoms with van der Waals surface area (Å²) in [5.74, 6) is -1.03. The van der Waals surface area contributed by atoms with Crippen molar-refractivity contribution in [3.05, 3.63) is 30.1 Å². The van der Waals surface area contributed by atoms with Gasteiger partial charge in [-0.05, 0) is 26.0 Å². The van der Waals surface area contributed by atoms with E-state index in [0.717, 1.165) is 5.69 Å². The number of carboxylic acids is 1. The van der Waals surface area contributed by atoms with Crippen molar-refractivity contribution in [2.75, 3.05) is 13.1 Å². The molecule has 0 radical (unpaired) electrons. The van der Waals surface area contributed by atoms with E-state index in [4.69, 9.17) is 5.11 Å². The Balaban J connectivity index is 2.60. The number of pyridine rings is 1. The highest BCUT2D eigenvalue weighted by molar-refractivity contribution is 5.80. The lowest BCUT2D eigenvalue weighted by atomic mass is 10.2. The van der Waals surface area contributed by atoms with Crippen molar-refractivity contribution in [2.24, 2.45) is 0 Å². The number of aromatic nitrogens is 1. The topological polar surface area (TPSA) is 82.5 Å². The molecule has 0 spiro atoms. The predicted octanol–water partition coefficient (Wildman–Crippen LogP) is 1.26. The number of hydrogen-bond acceptors (Lipinski definition) is 3. The van der Waals surface area contributed by atoms with E-state index < -0.39 is 12.0 Å². The number of amides is 2. The average molecular weight is 251 g/mol. The molecule has 2 N–H and O–H groups in total. The van der Waals surface area contributed by atoms with Crippen molar-refractivity contribution in [3.63, 3.8) is 0 Å². The smallest absolute Gasteiger partial charge is 0.323 e. The van der Waals surface area contributed by atoms with Gasteiger partial charge in [0.25, 0.3) is 0 Å². The summed E-state index contributed by atoms with van der Waals surface area (Å²) in [5, 5.41) is 11.4. The Labute approximate surface area is 106 Å². The first kappa shape index (κ1) is 14.0. The van der Waals surface area contributed by atoms with Crippen molar-refractivity contribution in [2.45, 2.75) is 19.9 Å². The zero-order chi connectivity index (χ0) is 13.5. The first-order valence-corrected chi connectivity index (χ1v) is 5.72. The molecule has 1 unspecified atom stereocenters. The van der Waals surface area contributed by atoms with Crippen molar-refractivity contribution in [3.8, 4) is 0 Å². The maximum Gasteiger partial charge on any atom is 0.323 e. The lowest BCUT2D eigenvalue weighted by molar-refractivity contribution is -0.137. The van der Waals surface area contributed by atoms with E-state index in [2.05, 4.69) is 10.3 Å². The van der Waals surface area contributed by atoms with Crippen LogP contribution in [0.3, 0.4) is 0 Å². The molecule has 0 aliphatic carbocycles. The Kier molecular flexibility index (Phi) is 5.10. The molecule has 2 amide bonds. The van der Waals surface area contributed by atoms with Gasteiger partial charge < -0.3 is 15.3 Å². The van der Waals surface area contributed by atoms with E-state index in [1.807, 2.05) is 6.07 Å². The third kappa shape index (κ3) is 4.04. The number of carbonyl (C=O) groups excluding carboxylic acids is 1. The first-order valence-electron chi connectivity index (χ1n) is 5.72. The molecule has 0 saturated carbocycles. The molecule has 18 heavy (non-hydrogen) atoms. The molecular formula is C12H17N3O3. The Morgan fingerprint density at radius 1 is 1.50 bits per heavy atom. The van der Waals surface area contributed by atoms with Gasteiger partial charge in [-0.3, -0.25) is 9.78 Å². The zero-order valence-corrected chi connectivity index (χ0v) is 10.5. The van der Waals surface area contributed by atoms with Gasteiger partial charge in [-0.2, -0.15) is 0 Å². The Bertz CT molecular complexity index is 408. The third-order valence-electron chi connectivity index (χ3n) is 2.47. The summed E-state index contributed by atoms with van der Waals surface area (Å²) >= 11 is 0. The van der Waals surface area contributed by atoms with Crippen LogP contribution in [-0.2, 0) is 4.79 Å². The SMILES string of the molecule is CCN(CC(=O)O)C(=O)NC(C)c1ccccn1. The quantitative estimate of drug-likeness (QED) is 0.825. The number of nitrogens with one attached hydrogen (secondary N) is 1. The summed E-state index contributed by atoms with van der Waals surface area (Å²) in [4.78, 5) is 27.8. The van der Waals surface area contributed by atoms with Gasteiger partial charge in [-0.1, -0.05) is 6.07 Å². The van der Waals surface area contributed by atoms with Crippen molar-refractivity contribution in [1.29, 1.82) is 0 Å². The number of likely N-dealkylation sites (N-methyl/N-ethyl adjacent to an activating group) is 1. The molecule has 0 aromatic carbocycles. The molecule has 1 atom stereocenters. The summed E-state index contributed by atoms with van der Waals surface area (Å²) in [6.07, 6.45) is 1.65. The monoisotopic (exact) mass is 251 g/mol. The van der Waals surface area contributed by atoms with Crippen LogP contribution in [0.25, 0.3) is 0 Å². The minimum absolute atomic E-state index is 0.262. The van der Waals surface area contributed by atoms with E-state index >= 15 is 0 Å². The zero-order valence-electron chi connectivity index (χ0n) is 10.5. The highest BCUT2D eigenvalue weighted by atomic mass is 16.4. The number of carboxylic acid groups (broad SMARTS) is 1. The van der Waals surface area contributed by atoms with Crippen LogP contribution in [0.15, 0.2) is 24.4 Å². The highest BCUT2D eigenvalue weighted by Crippen LogP contribution is 2.08. The fourth-order valence-electron chi connectivity index (χ4n) is 1.47. The largest absolute Gasteiger partial charge is 0.480 e. The number of carbonyl (C=O) groups is 2. The number of aliphatic carboxylic acids is 1. The number of rotatable bonds is 5. The lowest BCUT2D eigenvalue weighted by Crippen LogP contribution is -2.43. The van der Waals surface area contributed by atoms with Crippen LogP contribution in [0.2, 0.25) is 0 Å². The van der Waals surface area contributed by atoms with Crippen molar-refractivity contribution < 1.29 is 14.7 Å². The second-order valence-corrected chi connectivity index (χ2v) is 3.83. The number of nitrogens with zero attached hydrogens (tertiary/aromatic N) is 2. The van der Waals surface area contributed by atoms with E-state index in [1.54, 1.807) is 32.2 Å². The van der Waals surface area contributed by atoms with Crippen LogP contribution in [0.4, 0.5) is 4.79 Å². The number of urea groups is 1. The fourth-order valence-corrected chi connectivity index (χ4v) is 1.47. The molecule has 1 heterocycles. The van der Waals surface area contributed by atoms with E-state index in [1.165, 1.54) is 4.90 Å². The maximum absolute atomic E-state index is 11.8. The molecule has 6 heteroatoms. The molecule has 0 fully saturated rings. The summed E-state index contributed by atoms with van der Waals surface area (Å²) in [6, 6.07) is 4.76. The second kappa shape index (κ2) is 6.58. The predicted molar refractivity (Wildman–Crippen MR) is 66.1 cm³/mol. The summed E-state index contributed by atoms with van der Waals surface area (Å²) in [5.41, 5.74) is 0.734. The first-order chi connectivity index (χ1) is 8.54. The van der Waals surface area contributed by atoms with E-state index in [9.17, 15) is 9.59 Å². The van der Waals surface area contributed by atoms with Gasteiger partial charge in [0.15, 0.2) is 0 Å². The number of hydrogen-bond donors (Lipinski definition) is 2. The van der Waals surface area contributed by atoms with Crippen molar-refractivity contribution >= 4 is 12.0 Å². The third-order valence-corrected chi connectivity index (χ3v) is 2.47. The van der Waals surface area contributed by atoms with Crippen LogP contribution in [0.1, 0.15) is 25.6 Å². The fraction of sp³-hybridized carbons (Fsp3) is 0.417. The summed E-state index contributed by atoms with van der Waals surface area (Å²) in [6.45, 7) is 3.56. The summed E-state index contributed by atoms with van der Waals surface area (Å²) < 4.78 is 0. The van der Waals surface area contributed by atoms with Gasteiger partial charge in [0.05, 0.1) is 11.7 Å². The Morgan fingerprint density at radius 3 is 2.72 bits per heavy atom. The van der Waals surface area contributed by atoms with Crippen molar-refractivity contribution in [1.82, 2.24) is 15.2 Å². The Hall–Kier alpha value is -2.11. The van der Waals surface area contributed by atoms with E-state index in [-0.39, 0.29) is 12.6 Å². The van der Waals surface area contributed by atoms with Crippen LogP contribution in [0.5, 0.6) is 0 Å². The highest BCUT2D eigenvalue weighted by Gasteiger charge is 2.17. The maximum atomic E-state index is 11.8. The molecule has 0 aliphatic heterocycles. The van der Waals surface area contributed by atoms with E-state index in [0.29, 0.717) is 6.54 Å². The van der Waals surface area contributed by atoms with Gasteiger partial charge in [0, 0.05) is 12.7 Å². The Morgan fingerprint density at radius 2 is 2.22 bits per heavy atom. The van der Waals surface area contributed by atoms with Gasteiger partial charge in [-0.25, -0.2) is 4.79 Å². The molecule has 98 valence electrons. The molecule has 0 saturated heterocycles. The van der Waals surface area contributed by atoms with Crippen LogP contribution < -0.4 is 5.32 Å². The minimum atomic E-state index is -1.03. The van der Waals surface area contributed by atoms with Gasteiger partial charge >= 0.3 is 12.0 Å². The van der Waals surface area contributed by atoms with Gasteiger partial charge in [0.1, 0.15) is 6.54 Å². The molecule has 1 aromatic rings.